The van der Waals surface area contributed by atoms with E-state index in [0.717, 1.165) is 0 Å². The van der Waals surface area contributed by atoms with Crippen LogP contribution < -0.4 is 5.32 Å². The zero-order chi connectivity index (χ0) is 15.7. The molecule has 2 aromatic rings. The number of aliphatic hydroxyl groups is 3. The first-order chi connectivity index (χ1) is 10.7. The largest absolute Gasteiger partial charge is 0.394 e. The van der Waals surface area contributed by atoms with Gasteiger partial charge in [0.1, 0.15) is 24.6 Å². The second-order valence-corrected chi connectivity index (χ2v) is 4.83. The minimum Gasteiger partial charge on any atom is -0.394 e. The summed E-state index contributed by atoms with van der Waals surface area (Å²) >= 11 is 0. The number of hydrogen-bond acceptors (Lipinski definition) is 8. The van der Waals surface area contributed by atoms with Gasteiger partial charge in [-0.2, -0.15) is 0 Å². The van der Waals surface area contributed by atoms with E-state index in [1.54, 1.807) is 0 Å². The fourth-order valence-corrected chi connectivity index (χ4v) is 2.41. The SMILES string of the molecule is C#CCNc1ncnc2c1ncn2[C@@H]1O[C@H](CO)[C@@H](O)[C@H]1O. The summed E-state index contributed by atoms with van der Waals surface area (Å²) in [5, 5.41) is 32.0. The molecule has 9 heteroatoms. The van der Waals surface area contributed by atoms with E-state index in [1.807, 2.05) is 0 Å². The van der Waals surface area contributed by atoms with Gasteiger partial charge in [-0.3, -0.25) is 4.57 Å². The number of hydrogen-bond donors (Lipinski definition) is 4. The van der Waals surface area contributed by atoms with E-state index >= 15 is 0 Å². The Morgan fingerprint density at radius 1 is 1.32 bits per heavy atom. The highest BCUT2D eigenvalue weighted by Crippen LogP contribution is 2.31. The molecule has 22 heavy (non-hydrogen) atoms. The Bertz CT molecular complexity index is 712. The van der Waals surface area contributed by atoms with Gasteiger partial charge in [-0.05, 0) is 0 Å². The van der Waals surface area contributed by atoms with E-state index in [1.165, 1.54) is 17.2 Å². The number of ether oxygens (including phenoxy) is 1. The molecule has 9 nitrogen and oxygen atoms in total. The molecule has 1 aliphatic rings. The predicted molar refractivity (Wildman–Crippen MR) is 75.7 cm³/mol. The summed E-state index contributed by atoms with van der Waals surface area (Å²) in [6.45, 7) is -0.113. The molecule has 1 aliphatic heterocycles. The molecule has 4 atom stereocenters. The summed E-state index contributed by atoms with van der Waals surface area (Å²) in [7, 11) is 0. The van der Waals surface area contributed by atoms with Crippen LogP contribution in [0.25, 0.3) is 11.2 Å². The maximum atomic E-state index is 10.1. The van der Waals surface area contributed by atoms with Gasteiger partial charge < -0.3 is 25.4 Å². The normalized spacial score (nSPS) is 27.9. The van der Waals surface area contributed by atoms with Gasteiger partial charge in [-0.1, -0.05) is 5.92 Å². The molecule has 3 rings (SSSR count). The lowest BCUT2D eigenvalue weighted by molar-refractivity contribution is -0.0511. The van der Waals surface area contributed by atoms with Gasteiger partial charge in [-0.25, -0.2) is 15.0 Å². The third-order valence-corrected chi connectivity index (χ3v) is 3.51. The van der Waals surface area contributed by atoms with Crippen molar-refractivity contribution in [3.8, 4) is 12.3 Å². The van der Waals surface area contributed by atoms with Gasteiger partial charge in [0.25, 0.3) is 0 Å². The van der Waals surface area contributed by atoms with Crippen LogP contribution in [0.4, 0.5) is 5.82 Å². The number of nitrogens with zero attached hydrogens (tertiary/aromatic N) is 4. The number of aliphatic hydroxyl groups excluding tert-OH is 3. The van der Waals surface area contributed by atoms with Crippen molar-refractivity contribution in [3.05, 3.63) is 12.7 Å². The smallest absolute Gasteiger partial charge is 0.167 e. The van der Waals surface area contributed by atoms with Crippen molar-refractivity contribution in [1.29, 1.82) is 0 Å². The highest BCUT2D eigenvalue weighted by Gasteiger charge is 2.43. The van der Waals surface area contributed by atoms with Crippen molar-refractivity contribution in [1.82, 2.24) is 19.5 Å². The Balaban J connectivity index is 1.97. The monoisotopic (exact) mass is 305 g/mol. The third-order valence-electron chi connectivity index (χ3n) is 3.51. The average Bonchev–Trinajstić information content (AvgIpc) is 3.08. The minimum atomic E-state index is -1.20. The van der Waals surface area contributed by atoms with E-state index in [-0.39, 0.29) is 6.54 Å². The molecular weight excluding hydrogens is 290 g/mol. The van der Waals surface area contributed by atoms with Gasteiger partial charge in [0, 0.05) is 0 Å². The van der Waals surface area contributed by atoms with E-state index in [9.17, 15) is 10.2 Å². The van der Waals surface area contributed by atoms with E-state index in [2.05, 4.69) is 26.2 Å². The number of terminal acetylenes is 1. The van der Waals surface area contributed by atoms with Crippen LogP contribution in [0.3, 0.4) is 0 Å². The molecule has 0 unspecified atom stereocenters. The second-order valence-electron chi connectivity index (χ2n) is 4.83. The lowest BCUT2D eigenvalue weighted by Crippen LogP contribution is -2.33. The molecule has 1 fully saturated rings. The first kappa shape index (κ1) is 14.7. The van der Waals surface area contributed by atoms with Crippen LogP contribution in [0.5, 0.6) is 0 Å². The van der Waals surface area contributed by atoms with Crippen LogP contribution in [0.15, 0.2) is 12.7 Å². The fourth-order valence-electron chi connectivity index (χ4n) is 2.41. The molecule has 2 aromatic heterocycles. The summed E-state index contributed by atoms with van der Waals surface area (Å²) in [6, 6.07) is 0. The van der Waals surface area contributed by atoms with Crippen molar-refractivity contribution < 1.29 is 20.1 Å². The van der Waals surface area contributed by atoms with Gasteiger partial charge in [0.15, 0.2) is 23.2 Å². The average molecular weight is 305 g/mol. The van der Waals surface area contributed by atoms with Gasteiger partial charge in [0.2, 0.25) is 0 Å². The molecule has 0 bridgehead atoms. The van der Waals surface area contributed by atoms with Crippen LogP contribution in [-0.2, 0) is 4.74 Å². The van der Waals surface area contributed by atoms with Crippen molar-refractivity contribution in [2.24, 2.45) is 0 Å². The number of aromatic nitrogens is 4. The Kier molecular flexibility index (Phi) is 3.91. The van der Waals surface area contributed by atoms with Crippen LogP contribution in [-0.4, -0.2) is 66.3 Å². The second kappa shape index (κ2) is 5.86. The maximum absolute atomic E-state index is 10.1. The lowest BCUT2D eigenvalue weighted by atomic mass is 10.1. The maximum Gasteiger partial charge on any atom is 0.167 e. The first-order valence-electron chi connectivity index (χ1n) is 6.64. The molecule has 0 aromatic carbocycles. The van der Waals surface area contributed by atoms with Gasteiger partial charge >= 0.3 is 0 Å². The highest BCUT2D eigenvalue weighted by molar-refractivity contribution is 5.82. The Morgan fingerprint density at radius 2 is 2.14 bits per heavy atom. The number of anilines is 1. The summed E-state index contributed by atoms with van der Waals surface area (Å²) in [5.41, 5.74) is 0.889. The van der Waals surface area contributed by atoms with Gasteiger partial charge in [-0.15, -0.1) is 6.42 Å². The Morgan fingerprint density at radius 3 is 2.82 bits per heavy atom. The number of rotatable bonds is 4. The molecule has 3 heterocycles. The van der Waals surface area contributed by atoms with Crippen LogP contribution in [0, 0.1) is 12.3 Å². The Labute approximate surface area is 125 Å². The molecule has 0 amide bonds. The summed E-state index contributed by atoms with van der Waals surface area (Å²) in [5.74, 6) is 2.90. The first-order valence-corrected chi connectivity index (χ1v) is 6.64. The number of fused-ring (bicyclic) bond motifs is 1. The molecule has 116 valence electrons. The molecule has 0 spiro atoms. The van der Waals surface area contributed by atoms with Crippen LogP contribution >= 0.6 is 0 Å². The standard InChI is InChI=1S/C13H15N5O4/c1-2-3-14-11-8-12(16-5-15-11)18(6-17-8)13-10(21)9(20)7(4-19)22-13/h1,5-7,9-10,13,19-21H,3-4H2,(H,14,15,16)/t7-,9-,10-,13-/m1/s1. The Hall–Kier alpha value is -2.25. The molecule has 0 saturated carbocycles. The molecule has 0 radical (unpaired) electrons. The van der Waals surface area contributed by atoms with E-state index < -0.39 is 31.1 Å². The fraction of sp³-hybridized carbons (Fsp3) is 0.462. The predicted octanol–water partition coefficient (Wildman–Crippen LogP) is -1.52. The third kappa shape index (κ3) is 2.28. The molecule has 4 N–H and O–H groups in total. The van der Waals surface area contributed by atoms with E-state index in [0.29, 0.717) is 17.0 Å². The molecular formula is C13H15N5O4. The lowest BCUT2D eigenvalue weighted by Gasteiger charge is -2.16. The number of imidazole rings is 1. The zero-order valence-corrected chi connectivity index (χ0v) is 11.5. The zero-order valence-electron chi connectivity index (χ0n) is 11.5. The molecule has 1 saturated heterocycles. The van der Waals surface area contributed by atoms with Crippen LogP contribution in [0.2, 0.25) is 0 Å². The van der Waals surface area contributed by atoms with Crippen molar-refractivity contribution in [2.45, 2.75) is 24.5 Å². The quantitative estimate of drug-likeness (QED) is 0.502. The number of nitrogens with one attached hydrogen (secondary N) is 1. The highest BCUT2D eigenvalue weighted by atomic mass is 16.6. The van der Waals surface area contributed by atoms with Crippen molar-refractivity contribution in [2.75, 3.05) is 18.5 Å². The topological polar surface area (TPSA) is 126 Å². The van der Waals surface area contributed by atoms with Crippen molar-refractivity contribution in [3.63, 3.8) is 0 Å². The minimum absolute atomic E-state index is 0.285. The van der Waals surface area contributed by atoms with Crippen molar-refractivity contribution >= 4 is 17.0 Å². The van der Waals surface area contributed by atoms with Crippen LogP contribution in [0.1, 0.15) is 6.23 Å². The summed E-state index contributed by atoms with van der Waals surface area (Å²) in [6.07, 6.45) is 3.82. The summed E-state index contributed by atoms with van der Waals surface area (Å²) < 4.78 is 6.96. The summed E-state index contributed by atoms with van der Waals surface area (Å²) in [4.78, 5) is 12.4. The van der Waals surface area contributed by atoms with E-state index in [4.69, 9.17) is 16.3 Å². The van der Waals surface area contributed by atoms with Gasteiger partial charge in [0.05, 0.1) is 19.5 Å². The molecule has 0 aliphatic carbocycles.